The molecule has 5 saturated carbocycles. The van der Waals surface area contributed by atoms with Gasteiger partial charge in [0.1, 0.15) is 0 Å². The van der Waals surface area contributed by atoms with Gasteiger partial charge in [-0.2, -0.15) is 0 Å². The Morgan fingerprint density at radius 1 is 0.389 bits per heavy atom. The van der Waals surface area contributed by atoms with Gasteiger partial charge >= 0.3 is 0 Å². The van der Waals surface area contributed by atoms with Crippen molar-refractivity contribution < 1.29 is 0 Å². The zero-order valence-corrected chi connectivity index (χ0v) is 13.4. The lowest BCUT2D eigenvalue weighted by Crippen LogP contribution is -2.94. The van der Waals surface area contributed by atoms with Crippen molar-refractivity contribution in [2.75, 3.05) is 0 Å². The third-order valence-corrected chi connectivity index (χ3v) is 12.3. The average molecular weight is 244 g/mol. The summed E-state index contributed by atoms with van der Waals surface area (Å²) in [6, 6.07) is 0. The van der Waals surface area contributed by atoms with E-state index < -0.39 is 0 Å². The zero-order valence-electron chi connectivity index (χ0n) is 13.4. The van der Waals surface area contributed by atoms with Crippen LogP contribution in [0.15, 0.2) is 0 Å². The molecular formula is C18H28. The van der Waals surface area contributed by atoms with Gasteiger partial charge in [0.2, 0.25) is 0 Å². The first-order chi connectivity index (χ1) is 7.91. The Hall–Kier alpha value is 0. The number of hydrogen-bond acceptors (Lipinski definition) is 0. The Morgan fingerprint density at radius 3 is 0.722 bits per heavy atom. The third kappa shape index (κ3) is 0.346. The first-order valence-electron chi connectivity index (χ1n) is 7.91. The van der Waals surface area contributed by atoms with Gasteiger partial charge in [-0.25, -0.2) is 0 Å². The van der Waals surface area contributed by atoms with Crippen molar-refractivity contribution in [3.05, 3.63) is 0 Å². The summed E-state index contributed by atoms with van der Waals surface area (Å²) in [5.41, 5.74) is 4.81. The Bertz CT molecular complexity index is 450. The van der Waals surface area contributed by atoms with Crippen molar-refractivity contribution in [3.8, 4) is 0 Å². The van der Waals surface area contributed by atoms with Gasteiger partial charge in [-0.3, -0.25) is 0 Å². The van der Waals surface area contributed by atoms with Crippen molar-refractivity contribution in [2.45, 2.75) is 68.2 Å². The van der Waals surface area contributed by atoms with Crippen LogP contribution in [-0.4, -0.2) is 0 Å². The second-order valence-electron chi connectivity index (χ2n) is 10.2. The largest absolute Gasteiger partial charge is 0.0585 e. The Kier molecular flexibility index (Phi) is 1.04. The van der Waals surface area contributed by atoms with Gasteiger partial charge < -0.3 is 0 Å². The van der Waals surface area contributed by atoms with Gasteiger partial charge in [0.25, 0.3) is 0 Å². The lowest BCUT2D eigenvalue weighted by Gasteiger charge is -2.97. The highest BCUT2D eigenvalue weighted by atomic mass is 15.2. The van der Waals surface area contributed by atoms with Crippen LogP contribution >= 0.6 is 0 Å². The summed E-state index contributed by atoms with van der Waals surface area (Å²) in [5.74, 6) is 0. The normalized spacial score (nSPS) is 89.3. The molecule has 100 valence electrons. The summed E-state index contributed by atoms with van der Waals surface area (Å²) >= 11 is 0. The standard InChI is InChI=1S/C18H28/c1-11-9-13(3)14(4)10-12(11,2)16(6)15(11,5)17(13,7)18(14,16)8/h9-10H2,1-8H3/t11-,12-,13-,14+,15?,16?,17?,18?/m1/s1. The quantitative estimate of drug-likeness (QED) is 0.569. The molecule has 0 bridgehead atoms. The first-order valence-corrected chi connectivity index (χ1v) is 7.91. The van der Waals surface area contributed by atoms with E-state index >= 15 is 0 Å². The van der Waals surface area contributed by atoms with Crippen molar-refractivity contribution in [1.29, 1.82) is 0 Å². The van der Waals surface area contributed by atoms with Crippen LogP contribution < -0.4 is 0 Å². The van der Waals surface area contributed by atoms with Crippen LogP contribution in [-0.2, 0) is 0 Å². The van der Waals surface area contributed by atoms with Crippen LogP contribution in [0.25, 0.3) is 0 Å². The van der Waals surface area contributed by atoms with E-state index in [-0.39, 0.29) is 0 Å². The summed E-state index contributed by atoms with van der Waals surface area (Å²) in [5, 5.41) is 0. The summed E-state index contributed by atoms with van der Waals surface area (Å²) < 4.78 is 0. The van der Waals surface area contributed by atoms with E-state index in [9.17, 15) is 0 Å². The topological polar surface area (TPSA) is 0 Å². The molecule has 0 radical (unpaired) electrons. The van der Waals surface area contributed by atoms with Crippen molar-refractivity contribution in [1.82, 2.24) is 0 Å². The second kappa shape index (κ2) is 1.74. The number of hydrogen-bond donors (Lipinski definition) is 0. The van der Waals surface area contributed by atoms with Crippen LogP contribution in [0.5, 0.6) is 0 Å². The molecule has 0 aliphatic heterocycles. The Morgan fingerprint density at radius 2 is 0.556 bits per heavy atom. The molecule has 5 aliphatic carbocycles. The van der Waals surface area contributed by atoms with Crippen molar-refractivity contribution >= 4 is 0 Å². The highest BCUT2D eigenvalue weighted by molar-refractivity contribution is 5.61. The van der Waals surface area contributed by atoms with Gasteiger partial charge in [-0.1, -0.05) is 55.4 Å². The van der Waals surface area contributed by atoms with E-state index in [0.29, 0.717) is 43.3 Å². The lowest BCUT2D eigenvalue weighted by atomic mass is 9.06. The summed E-state index contributed by atoms with van der Waals surface area (Å²) in [7, 11) is 0. The molecule has 0 aromatic heterocycles. The lowest BCUT2D eigenvalue weighted by molar-refractivity contribution is -0.514. The van der Waals surface area contributed by atoms with Crippen LogP contribution in [0.1, 0.15) is 68.2 Å². The number of fused-ring (bicyclic) bond motifs is 2. The van der Waals surface area contributed by atoms with E-state index in [1.54, 1.807) is 0 Å². The molecule has 5 aliphatic rings. The van der Waals surface area contributed by atoms with Gasteiger partial charge in [0.15, 0.2) is 0 Å². The van der Waals surface area contributed by atoms with E-state index in [4.69, 9.17) is 0 Å². The highest BCUT2D eigenvalue weighted by Gasteiger charge is 3.14. The average Bonchev–Trinajstić information content (AvgIpc) is 2.40. The predicted molar refractivity (Wildman–Crippen MR) is 74.1 cm³/mol. The van der Waals surface area contributed by atoms with Crippen LogP contribution in [0, 0.1) is 43.3 Å². The molecule has 8 atom stereocenters. The fraction of sp³-hybridized carbons (Fsp3) is 1.00. The Labute approximate surface area is 112 Å². The van der Waals surface area contributed by atoms with Crippen LogP contribution in [0.3, 0.4) is 0 Å². The SMILES string of the molecule is CC12C3(C)C4(C)C1(C)[C@]1(C)C[C@]2(C)[C@@]3(C)C[C@]41C. The summed E-state index contributed by atoms with van der Waals surface area (Å²) in [6.07, 6.45) is 2.98. The number of rotatable bonds is 0. The maximum absolute atomic E-state index is 2.66. The van der Waals surface area contributed by atoms with Gasteiger partial charge in [0.05, 0.1) is 0 Å². The molecule has 0 heterocycles. The molecule has 0 aromatic carbocycles. The minimum atomic E-state index is 0.598. The predicted octanol–water partition coefficient (Wildman–Crippen LogP) is 4.89. The molecule has 0 nitrogen and oxygen atoms in total. The zero-order chi connectivity index (χ0) is 13.4. The fourth-order valence-corrected chi connectivity index (χ4v) is 11.3. The maximum Gasteiger partial charge on any atom is -0.0137 e. The van der Waals surface area contributed by atoms with Gasteiger partial charge in [-0.15, -0.1) is 0 Å². The van der Waals surface area contributed by atoms with Crippen LogP contribution in [0.4, 0.5) is 0 Å². The molecule has 4 unspecified atom stereocenters. The molecule has 0 aromatic rings. The fourth-order valence-electron chi connectivity index (χ4n) is 11.3. The van der Waals surface area contributed by atoms with Crippen molar-refractivity contribution in [3.63, 3.8) is 0 Å². The molecular weight excluding hydrogens is 216 g/mol. The molecule has 18 heavy (non-hydrogen) atoms. The van der Waals surface area contributed by atoms with E-state index in [0.717, 1.165) is 0 Å². The molecule has 0 amide bonds. The maximum atomic E-state index is 2.66. The third-order valence-electron chi connectivity index (χ3n) is 12.3. The summed E-state index contributed by atoms with van der Waals surface area (Å²) in [4.78, 5) is 0. The Balaban J connectivity index is 1.98. The van der Waals surface area contributed by atoms with E-state index in [1.807, 2.05) is 0 Å². The van der Waals surface area contributed by atoms with Crippen LogP contribution in [0.2, 0.25) is 0 Å². The molecule has 5 rings (SSSR count). The van der Waals surface area contributed by atoms with Gasteiger partial charge in [0, 0.05) is 0 Å². The van der Waals surface area contributed by atoms with E-state index in [2.05, 4.69) is 55.4 Å². The smallest absolute Gasteiger partial charge is 0.0137 e. The van der Waals surface area contributed by atoms with Gasteiger partial charge in [-0.05, 0) is 56.2 Å². The molecule has 5 fully saturated rings. The first kappa shape index (κ1) is 10.7. The van der Waals surface area contributed by atoms with Crippen molar-refractivity contribution in [2.24, 2.45) is 43.3 Å². The monoisotopic (exact) mass is 244 g/mol. The minimum Gasteiger partial charge on any atom is -0.0585 e. The molecule has 0 spiro atoms. The second-order valence-corrected chi connectivity index (χ2v) is 10.2. The minimum absolute atomic E-state index is 0.598. The summed E-state index contributed by atoms with van der Waals surface area (Å²) in [6.45, 7) is 21.2. The molecule has 0 N–H and O–H groups in total. The van der Waals surface area contributed by atoms with E-state index in [1.165, 1.54) is 12.8 Å². The molecule has 0 saturated heterocycles. The molecule has 0 heteroatoms. The highest BCUT2D eigenvalue weighted by Crippen LogP contribution is 3.18.